The van der Waals surface area contributed by atoms with E-state index >= 15 is 0 Å². The minimum Gasteiger partial charge on any atom is -0.460 e. The van der Waals surface area contributed by atoms with Crippen LogP contribution in [0.2, 0.25) is 51.4 Å². The number of nitrogens with zero attached hydrogens (tertiary/aromatic N) is 4. The number of fused-ring (bicyclic) bond motifs is 1. The lowest BCUT2D eigenvalue weighted by Gasteiger charge is -2.30. The summed E-state index contributed by atoms with van der Waals surface area (Å²) in [5, 5.41) is 4.68. The van der Waals surface area contributed by atoms with Crippen molar-refractivity contribution in [3.05, 3.63) is 21.5 Å². The van der Waals surface area contributed by atoms with E-state index in [-0.39, 0.29) is 17.8 Å². The first-order chi connectivity index (χ1) is 18.5. The zero-order chi connectivity index (χ0) is 29.7. The number of rotatable bonds is 13. The molecule has 40 heavy (non-hydrogen) atoms. The zero-order valence-electron chi connectivity index (χ0n) is 26.2. The van der Waals surface area contributed by atoms with Gasteiger partial charge in [-0.2, -0.15) is 9.61 Å². The van der Waals surface area contributed by atoms with E-state index in [1.165, 1.54) is 0 Å². The number of hydrogen-bond donors (Lipinski definition) is 0. The van der Waals surface area contributed by atoms with Gasteiger partial charge in [-0.25, -0.2) is 4.98 Å². The molecular weight excluding hydrogens is 651 g/mol. The van der Waals surface area contributed by atoms with E-state index in [1.54, 1.807) is 0 Å². The standard InChI is InChI=1S/C29H51IN4O4Si2/c1-29(2,3)38-28(35)23-12-10-22(11-13-23)25-18-26(34-27(32-25)24(30)19-31-34)33(20-36-14-16-39(4,5)6)21-37-15-17-40(7,8)9/h18-19,22-23H,10-17,20-21H2,1-9H3. The number of anilines is 1. The van der Waals surface area contributed by atoms with Crippen molar-refractivity contribution in [3.8, 4) is 0 Å². The molecule has 2 aromatic rings. The van der Waals surface area contributed by atoms with Crippen LogP contribution in [0, 0.1) is 9.49 Å². The van der Waals surface area contributed by atoms with Crippen molar-refractivity contribution in [2.24, 2.45) is 5.92 Å². The summed E-state index contributed by atoms with van der Waals surface area (Å²) in [6.07, 6.45) is 5.34. The quantitative estimate of drug-likeness (QED) is 0.0709. The van der Waals surface area contributed by atoms with Gasteiger partial charge in [-0.05, 0) is 81.1 Å². The van der Waals surface area contributed by atoms with Crippen molar-refractivity contribution in [2.45, 2.75) is 109 Å². The molecule has 1 aliphatic carbocycles. The van der Waals surface area contributed by atoms with E-state index in [0.29, 0.717) is 13.5 Å². The first kappa shape index (κ1) is 33.5. The molecule has 0 bridgehead atoms. The number of aromatic nitrogens is 3. The number of carbonyl (C=O) groups excluding carboxylic acids is 1. The van der Waals surface area contributed by atoms with Gasteiger partial charge in [0.05, 0.1) is 15.7 Å². The molecule has 8 nitrogen and oxygen atoms in total. The van der Waals surface area contributed by atoms with Crippen molar-refractivity contribution < 1.29 is 19.0 Å². The van der Waals surface area contributed by atoms with Crippen LogP contribution in [0.4, 0.5) is 5.82 Å². The molecule has 0 aromatic carbocycles. The number of carbonyl (C=O) groups is 1. The summed E-state index contributed by atoms with van der Waals surface area (Å²) in [6, 6.07) is 4.40. The van der Waals surface area contributed by atoms with E-state index in [0.717, 1.165) is 71.7 Å². The van der Waals surface area contributed by atoms with Gasteiger partial charge in [-0.3, -0.25) is 4.79 Å². The minimum atomic E-state index is -1.19. The van der Waals surface area contributed by atoms with E-state index < -0.39 is 21.7 Å². The molecule has 0 amide bonds. The van der Waals surface area contributed by atoms with E-state index in [1.807, 2.05) is 31.5 Å². The Morgan fingerprint density at radius 3 is 2.05 bits per heavy atom. The first-order valence-corrected chi connectivity index (χ1v) is 23.2. The summed E-state index contributed by atoms with van der Waals surface area (Å²) in [5.41, 5.74) is 1.46. The van der Waals surface area contributed by atoms with Gasteiger partial charge in [0.1, 0.15) is 24.9 Å². The van der Waals surface area contributed by atoms with Crippen LogP contribution in [0.1, 0.15) is 58.1 Å². The van der Waals surface area contributed by atoms with Crippen LogP contribution in [0.15, 0.2) is 12.3 Å². The van der Waals surface area contributed by atoms with Gasteiger partial charge in [0, 0.05) is 47.0 Å². The Balaban J connectivity index is 1.81. The van der Waals surface area contributed by atoms with Crippen molar-refractivity contribution in [3.63, 3.8) is 0 Å². The second-order valence-electron chi connectivity index (χ2n) is 14.6. The van der Waals surface area contributed by atoms with Crippen LogP contribution < -0.4 is 4.90 Å². The van der Waals surface area contributed by atoms with Gasteiger partial charge < -0.3 is 19.1 Å². The second kappa shape index (κ2) is 14.0. The van der Waals surface area contributed by atoms with Crippen molar-refractivity contribution in [1.29, 1.82) is 0 Å². The SMILES string of the molecule is CC(C)(C)OC(=O)C1CCC(c2cc(N(COCC[Si](C)(C)C)COCC[Si](C)(C)C)n3ncc(I)c3n2)CC1. The molecule has 2 heterocycles. The lowest BCUT2D eigenvalue weighted by Crippen LogP contribution is -2.33. The predicted octanol–water partition coefficient (Wildman–Crippen LogP) is 7.38. The van der Waals surface area contributed by atoms with Gasteiger partial charge in [-0.1, -0.05) is 39.3 Å². The molecule has 1 saturated carbocycles. The molecule has 3 rings (SSSR count). The van der Waals surface area contributed by atoms with Crippen LogP contribution in [0.3, 0.4) is 0 Å². The van der Waals surface area contributed by atoms with Gasteiger partial charge in [0.25, 0.3) is 0 Å². The fourth-order valence-corrected chi connectivity index (χ4v) is 6.65. The highest BCUT2D eigenvalue weighted by Crippen LogP contribution is 2.37. The molecule has 0 aliphatic heterocycles. The molecule has 2 aromatic heterocycles. The molecule has 0 radical (unpaired) electrons. The summed E-state index contributed by atoms with van der Waals surface area (Å²) in [7, 11) is -2.38. The molecule has 0 saturated heterocycles. The Bertz CT molecular complexity index is 1090. The molecule has 0 atom stereocenters. The third-order valence-corrected chi connectivity index (χ3v) is 11.3. The maximum atomic E-state index is 12.7. The van der Waals surface area contributed by atoms with Crippen LogP contribution in [0.5, 0.6) is 0 Å². The highest BCUT2D eigenvalue weighted by atomic mass is 127. The van der Waals surface area contributed by atoms with Crippen LogP contribution >= 0.6 is 22.6 Å². The summed E-state index contributed by atoms with van der Waals surface area (Å²) >= 11 is 2.31. The average Bonchev–Trinajstić information content (AvgIpc) is 3.21. The van der Waals surface area contributed by atoms with Crippen molar-refractivity contribution >= 4 is 56.2 Å². The second-order valence-corrected chi connectivity index (χ2v) is 27.0. The first-order valence-electron chi connectivity index (χ1n) is 14.7. The number of esters is 1. The molecular formula is C29H51IN4O4Si2. The van der Waals surface area contributed by atoms with Crippen LogP contribution in [0.25, 0.3) is 5.65 Å². The maximum Gasteiger partial charge on any atom is 0.309 e. The van der Waals surface area contributed by atoms with Gasteiger partial charge >= 0.3 is 5.97 Å². The van der Waals surface area contributed by atoms with Crippen molar-refractivity contribution in [1.82, 2.24) is 14.6 Å². The Kier molecular flexibility index (Phi) is 11.7. The molecule has 0 spiro atoms. The number of hydrogen-bond acceptors (Lipinski definition) is 7. The fourth-order valence-electron chi connectivity index (χ4n) is 4.66. The molecule has 226 valence electrons. The van der Waals surface area contributed by atoms with Gasteiger partial charge in [-0.15, -0.1) is 0 Å². The minimum absolute atomic E-state index is 0.0372. The Labute approximate surface area is 257 Å². The predicted molar refractivity (Wildman–Crippen MR) is 177 cm³/mol. The zero-order valence-corrected chi connectivity index (χ0v) is 30.3. The maximum absolute atomic E-state index is 12.7. The monoisotopic (exact) mass is 702 g/mol. The lowest BCUT2D eigenvalue weighted by atomic mass is 9.80. The van der Waals surface area contributed by atoms with Crippen molar-refractivity contribution in [2.75, 3.05) is 31.6 Å². The summed E-state index contributed by atoms with van der Waals surface area (Å²) in [4.78, 5) is 19.9. The Morgan fingerprint density at radius 1 is 1.00 bits per heavy atom. The molecule has 0 unspecified atom stereocenters. The number of halogens is 1. The van der Waals surface area contributed by atoms with Crippen LogP contribution in [-0.4, -0.2) is 69.0 Å². The van der Waals surface area contributed by atoms with Crippen LogP contribution in [-0.2, 0) is 19.0 Å². The number of ether oxygens (including phenoxy) is 3. The van der Waals surface area contributed by atoms with E-state index in [2.05, 4.69) is 77.9 Å². The molecule has 11 heteroatoms. The summed E-state index contributed by atoms with van der Waals surface area (Å²) in [6.45, 7) is 22.4. The van der Waals surface area contributed by atoms with Gasteiger partial charge in [0.15, 0.2) is 5.65 Å². The van der Waals surface area contributed by atoms with E-state index in [9.17, 15) is 4.79 Å². The molecule has 1 fully saturated rings. The lowest BCUT2D eigenvalue weighted by molar-refractivity contribution is -0.161. The Morgan fingerprint density at radius 2 is 1.55 bits per heavy atom. The average molecular weight is 703 g/mol. The molecule has 1 aliphatic rings. The fraction of sp³-hybridized carbons (Fsp3) is 0.759. The third-order valence-electron chi connectivity index (χ3n) is 7.13. The smallest absolute Gasteiger partial charge is 0.309 e. The van der Waals surface area contributed by atoms with Gasteiger partial charge in [0.2, 0.25) is 0 Å². The third kappa shape index (κ3) is 10.7. The van der Waals surface area contributed by atoms with E-state index in [4.69, 9.17) is 19.2 Å². The summed E-state index contributed by atoms with van der Waals surface area (Å²) < 4.78 is 21.0. The topological polar surface area (TPSA) is 78.2 Å². The highest BCUT2D eigenvalue weighted by Gasteiger charge is 2.32. The highest BCUT2D eigenvalue weighted by molar-refractivity contribution is 14.1. The molecule has 0 N–H and O–H groups in total. The largest absolute Gasteiger partial charge is 0.460 e. The Hall–Kier alpha value is -1.03. The normalized spacial score (nSPS) is 18.8. The summed E-state index contributed by atoms with van der Waals surface area (Å²) in [5.74, 6) is 1.12.